The predicted molar refractivity (Wildman–Crippen MR) is 82.0 cm³/mol. The summed E-state index contributed by atoms with van der Waals surface area (Å²) in [5, 5.41) is 8.79. The lowest BCUT2D eigenvalue weighted by atomic mass is 10.3. The van der Waals surface area contributed by atoms with Crippen LogP contribution in [0.1, 0.15) is 10.5 Å². The fourth-order valence-electron chi connectivity index (χ4n) is 1.85. The van der Waals surface area contributed by atoms with Crippen LogP contribution in [-0.4, -0.2) is 48.2 Å². The van der Waals surface area contributed by atoms with Crippen molar-refractivity contribution in [3.63, 3.8) is 0 Å². The minimum absolute atomic E-state index is 0.0476. The lowest BCUT2D eigenvalue weighted by Gasteiger charge is -2.24. The maximum atomic E-state index is 10.7. The van der Waals surface area contributed by atoms with Crippen LogP contribution in [0.15, 0.2) is 42.7 Å². The number of aromatic nitrogens is 2. The summed E-state index contributed by atoms with van der Waals surface area (Å²) < 4.78 is 0. The molecule has 1 heterocycles. The van der Waals surface area contributed by atoms with Gasteiger partial charge < -0.3 is 14.9 Å². The quantitative estimate of drug-likeness (QED) is 0.872. The first kappa shape index (κ1) is 14.8. The predicted octanol–water partition coefficient (Wildman–Crippen LogP) is 1.75. The van der Waals surface area contributed by atoms with Gasteiger partial charge in [0.1, 0.15) is 5.82 Å². The molecular weight excluding hydrogens is 268 g/mol. The third kappa shape index (κ3) is 3.92. The van der Waals surface area contributed by atoms with Crippen molar-refractivity contribution in [3.05, 3.63) is 48.4 Å². The van der Waals surface area contributed by atoms with Gasteiger partial charge in [0, 0.05) is 32.9 Å². The number of carboxylic acid groups (broad SMARTS) is 1. The Hall–Kier alpha value is -2.63. The van der Waals surface area contributed by atoms with Crippen molar-refractivity contribution in [1.82, 2.24) is 9.97 Å². The van der Waals surface area contributed by atoms with Gasteiger partial charge in [-0.05, 0) is 12.1 Å². The van der Waals surface area contributed by atoms with Crippen LogP contribution in [0.3, 0.4) is 0 Å². The summed E-state index contributed by atoms with van der Waals surface area (Å²) in [4.78, 5) is 22.8. The van der Waals surface area contributed by atoms with E-state index in [1.165, 1.54) is 12.4 Å². The Labute approximate surface area is 123 Å². The number of para-hydroxylation sites is 1. The molecule has 0 spiro atoms. The Balaban J connectivity index is 1.92. The average molecular weight is 286 g/mol. The molecule has 0 aliphatic rings. The lowest BCUT2D eigenvalue weighted by Crippen LogP contribution is -2.31. The molecule has 0 aliphatic carbocycles. The van der Waals surface area contributed by atoms with E-state index in [0.717, 1.165) is 18.8 Å². The summed E-state index contributed by atoms with van der Waals surface area (Å²) in [5.74, 6) is -0.415. The Morgan fingerprint density at radius 2 is 1.71 bits per heavy atom. The number of anilines is 2. The number of hydrogen-bond acceptors (Lipinski definition) is 5. The lowest BCUT2D eigenvalue weighted by molar-refractivity contribution is 0.0690. The molecule has 6 heteroatoms. The molecule has 2 aromatic rings. The number of hydrogen-bond donors (Lipinski definition) is 1. The second-order valence-corrected chi connectivity index (χ2v) is 4.74. The monoisotopic (exact) mass is 286 g/mol. The zero-order valence-electron chi connectivity index (χ0n) is 12.1. The minimum atomic E-state index is -1.07. The Morgan fingerprint density at radius 1 is 1.05 bits per heavy atom. The van der Waals surface area contributed by atoms with Gasteiger partial charge in [-0.1, -0.05) is 18.2 Å². The molecule has 0 atom stereocenters. The van der Waals surface area contributed by atoms with Gasteiger partial charge in [0.2, 0.25) is 0 Å². The van der Waals surface area contributed by atoms with Gasteiger partial charge in [-0.3, -0.25) is 0 Å². The third-order valence-corrected chi connectivity index (χ3v) is 3.22. The first-order chi connectivity index (χ1) is 10.1. The van der Waals surface area contributed by atoms with Gasteiger partial charge in [-0.15, -0.1) is 0 Å². The van der Waals surface area contributed by atoms with E-state index in [2.05, 4.69) is 27.0 Å². The van der Waals surface area contributed by atoms with Gasteiger partial charge in [0.25, 0.3) is 0 Å². The molecule has 21 heavy (non-hydrogen) atoms. The Morgan fingerprint density at radius 3 is 2.29 bits per heavy atom. The third-order valence-electron chi connectivity index (χ3n) is 3.22. The van der Waals surface area contributed by atoms with Crippen molar-refractivity contribution in [1.29, 1.82) is 0 Å². The summed E-state index contributed by atoms with van der Waals surface area (Å²) in [6.07, 6.45) is 2.75. The number of benzene rings is 1. The summed E-state index contributed by atoms with van der Waals surface area (Å²) in [6.45, 7) is 1.58. The van der Waals surface area contributed by atoms with Crippen LogP contribution in [0.5, 0.6) is 0 Å². The SMILES string of the molecule is CN(CCN(C)c1cnc(C(=O)O)cn1)c1ccccc1. The van der Waals surface area contributed by atoms with E-state index in [-0.39, 0.29) is 5.69 Å². The van der Waals surface area contributed by atoms with E-state index < -0.39 is 5.97 Å². The van der Waals surface area contributed by atoms with Crippen LogP contribution in [0, 0.1) is 0 Å². The van der Waals surface area contributed by atoms with Crippen molar-refractivity contribution in [2.75, 3.05) is 37.0 Å². The van der Waals surface area contributed by atoms with Crippen molar-refractivity contribution in [2.45, 2.75) is 0 Å². The van der Waals surface area contributed by atoms with Crippen LogP contribution in [0.4, 0.5) is 11.5 Å². The van der Waals surface area contributed by atoms with Crippen molar-refractivity contribution in [2.24, 2.45) is 0 Å². The number of carboxylic acids is 1. The van der Waals surface area contributed by atoms with Gasteiger partial charge in [-0.25, -0.2) is 14.8 Å². The molecule has 0 amide bonds. The second-order valence-electron chi connectivity index (χ2n) is 4.74. The van der Waals surface area contributed by atoms with Crippen LogP contribution < -0.4 is 9.80 Å². The molecule has 1 aromatic heterocycles. The first-order valence-corrected chi connectivity index (χ1v) is 6.60. The van der Waals surface area contributed by atoms with Crippen LogP contribution in [0.25, 0.3) is 0 Å². The van der Waals surface area contributed by atoms with Gasteiger partial charge in [0.15, 0.2) is 5.69 Å². The van der Waals surface area contributed by atoms with Crippen LogP contribution >= 0.6 is 0 Å². The maximum Gasteiger partial charge on any atom is 0.356 e. The van der Waals surface area contributed by atoms with Gasteiger partial charge in [-0.2, -0.15) is 0 Å². The van der Waals surface area contributed by atoms with Crippen LogP contribution in [-0.2, 0) is 0 Å². The summed E-state index contributed by atoms with van der Waals surface area (Å²) in [6, 6.07) is 10.1. The summed E-state index contributed by atoms with van der Waals surface area (Å²) in [7, 11) is 3.94. The zero-order chi connectivity index (χ0) is 15.2. The highest BCUT2D eigenvalue weighted by Gasteiger charge is 2.08. The van der Waals surface area contributed by atoms with E-state index in [1.807, 2.05) is 37.2 Å². The normalized spacial score (nSPS) is 10.2. The smallest absolute Gasteiger partial charge is 0.356 e. The maximum absolute atomic E-state index is 10.7. The van der Waals surface area contributed by atoms with E-state index in [9.17, 15) is 4.79 Å². The minimum Gasteiger partial charge on any atom is -0.476 e. The Bertz CT molecular complexity index is 586. The molecule has 0 aliphatic heterocycles. The number of nitrogens with zero attached hydrogens (tertiary/aromatic N) is 4. The molecule has 0 fully saturated rings. The largest absolute Gasteiger partial charge is 0.476 e. The fraction of sp³-hybridized carbons (Fsp3) is 0.267. The highest BCUT2D eigenvalue weighted by Crippen LogP contribution is 2.12. The molecule has 0 saturated carbocycles. The van der Waals surface area contributed by atoms with E-state index >= 15 is 0 Å². The Kier molecular flexibility index (Phi) is 4.71. The van der Waals surface area contributed by atoms with Crippen molar-refractivity contribution in [3.8, 4) is 0 Å². The van der Waals surface area contributed by atoms with Crippen molar-refractivity contribution >= 4 is 17.5 Å². The molecule has 6 nitrogen and oxygen atoms in total. The highest BCUT2D eigenvalue weighted by atomic mass is 16.4. The number of aromatic carboxylic acids is 1. The van der Waals surface area contributed by atoms with Gasteiger partial charge in [0.05, 0.1) is 12.4 Å². The van der Waals surface area contributed by atoms with E-state index in [1.54, 1.807) is 0 Å². The topological polar surface area (TPSA) is 69.6 Å². The average Bonchev–Trinajstić information content (AvgIpc) is 2.53. The summed E-state index contributed by atoms with van der Waals surface area (Å²) >= 11 is 0. The molecule has 1 N–H and O–H groups in total. The molecule has 110 valence electrons. The van der Waals surface area contributed by atoms with Crippen LogP contribution in [0.2, 0.25) is 0 Å². The summed E-state index contributed by atoms with van der Waals surface area (Å²) in [5.41, 5.74) is 1.10. The van der Waals surface area contributed by atoms with E-state index in [0.29, 0.717) is 5.82 Å². The molecule has 0 radical (unpaired) electrons. The first-order valence-electron chi connectivity index (χ1n) is 6.60. The molecule has 0 saturated heterocycles. The second kappa shape index (κ2) is 6.69. The molecule has 0 bridgehead atoms. The fourth-order valence-corrected chi connectivity index (χ4v) is 1.85. The molecule has 0 unspecified atom stereocenters. The molecule has 2 rings (SSSR count). The van der Waals surface area contributed by atoms with Gasteiger partial charge >= 0.3 is 5.97 Å². The number of carbonyl (C=O) groups is 1. The van der Waals surface area contributed by atoms with E-state index in [4.69, 9.17) is 5.11 Å². The molecular formula is C15H18N4O2. The van der Waals surface area contributed by atoms with Crippen molar-refractivity contribution < 1.29 is 9.90 Å². The standard InChI is InChI=1S/C15H18N4O2/c1-18(12-6-4-3-5-7-12)8-9-19(2)14-11-16-13(10-17-14)15(20)21/h3-7,10-11H,8-9H2,1-2H3,(H,20,21). The number of rotatable bonds is 6. The highest BCUT2D eigenvalue weighted by molar-refractivity contribution is 5.84. The number of likely N-dealkylation sites (N-methyl/N-ethyl adjacent to an activating group) is 2. The zero-order valence-corrected chi connectivity index (χ0v) is 12.1. The molecule has 1 aromatic carbocycles.